The smallest absolute Gasteiger partial charge is 0.547 e. The van der Waals surface area contributed by atoms with Crippen LogP contribution >= 0.6 is 23.2 Å². The number of aliphatic carboxylic acids is 1. The van der Waals surface area contributed by atoms with Crippen molar-refractivity contribution in [2.24, 2.45) is 0 Å². The number of rotatable bonds is 1. The van der Waals surface area contributed by atoms with E-state index >= 15 is 0 Å². The Hall–Kier alpha value is 1.01. The Balaban J connectivity index is -0.000000125. The molecule has 0 unspecified atom stereocenters. The molecular weight excluding hydrogens is 166 g/mol. The zero-order valence-corrected chi connectivity index (χ0v) is 7.66. The van der Waals surface area contributed by atoms with E-state index in [2.05, 4.69) is 0 Å². The van der Waals surface area contributed by atoms with E-state index in [1.807, 2.05) is 0 Å². The Morgan fingerprint density at radius 2 is 1.62 bits per heavy atom. The van der Waals surface area contributed by atoms with Crippen molar-refractivity contribution in [3.8, 4) is 0 Å². The average molecular weight is 169 g/mol. The molecule has 0 saturated heterocycles. The van der Waals surface area contributed by atoms with E-state index in [1.165, 1.54) is 0 Å². The largest absolute Gasteiger partial charge is 1.00 e. The number of hydrogen-bond donors (Lipinski definition) is 0. The van der Waals surface area contributed by atoms with Crippen molar-refractivity contribution in [3.05, 3.63) is 0 Å². The SMILES string of the molecule is O.O=C([O-])C(Cl)Cl.[Na+]. The molecular formula is C2H3Cl2NaO3. The Bertz CT molecular complexity index is 66.3. The third-order valence-corrected chi connectivity index (χ3v) is 0.535. The molecule has 0 fully saturated rings. The molecule has 0 aromatic carbocycles. The Labute approximate surface area is 78.6 Å². The molecule has 8 heavy (non-hydrogen) atoms. The summed E-state index contributed by atoms with van der Waals surface area (Å²) in [6.07, 6.45) is 0. The molecule has 0 heterocycles. The predicted molar refractivity (Wildman–Crippen MR) is 24.1 cm³/mol. The minimum Gasteiger partial charge on any atom is -0.547 e. The van der Waals surface area contributed by atoms with Gasteiger partial charge in [-0.05, 0) is 0 Å². The first-order valence-electron chi connectivity index (χ1n) is 1.13. The van der Waals surface area contributed by atoms with E-state index in [0.29, 0.717) is 0 Å². The van der Waals surface area contributed by atoms with Crippen LogP contribution in [-0.4, -0.2) is 16.3 Å². The van der Waals surface area contributed by atoms with E-state index in [0.717, 1.165) is 0 Å². The van der Waals surface area contributed by atoms with Crippen molar-refractivity contribution >= 4 is 29.2 Å². The van der Waals surface area contributed by atoms with Crippen LogP contribution in [0.25, 0.3) is 0 Å². The van der Waals surface area contributed by atoms with Crippen LogP contribution in [0.5, 0.6) is 0 Å². The zero-order chi connectivity index (χ0) is 5.15. The Morgan fingerprint density at radius 1 is 1.50 bits per heavy atom. The molecule has 0 saturated carbocycles. The molecule has 44 valence electrons. The van der Waals surface area contributed by atoms with Crippen molar-refractivity contribution < 1.29 is 44.9 Å². The molecule has 2 N–H and O–H groups in total. The molecule has 0 aliphatic rings. The third kappa shape index (κ3) is 10.1. The fourth-order valence-corrected chi connectivity index (χ4v) is 0. The summed E-state index contributed by atoms with van der Waals surface area (Å²) in [6.45, 7) is 0. The van der Waals surface area contributed by atoms with Crippen molar-refractivity contribution in [2.75, 3.05) is 0 Å². The number of alkyl halides is 2. The van der Waals surface area contributed by atoms with Gasteiger partial charge in [0.15, 0.2) is 0 Å². The fraction of sp³-hybridized carbons (Fsp3) is 0.500. The summed E-state index contributed by atoms with van der Waals surface area (Å²) in [6, 6.07) is 0. The van der Waals surface area contributed by atoms with E-state index in [4.69, 9.17) is 23.2 Å². The monoisotopic (exact) mass is 168 g/mol. The van der Waals surface area contributed by atoms with Crippen LogP contribution in [0.3, 0.4) is 0 Å². The molecule has 0 atom stereocenters. The number of carboxylic acid groups (broad SMARTS) is 1. The second kappa shape index (κ2) is 8.01. The third-order valence-electron chi connectivity index (χ3n) is 0.178. The summed E-state index contributed by atoms with van der Waals surface area (Å²) in [7, 11) is 0. The first-order valence-corrected chi connectivity index (χ1v) is 2.01. The summed E-state index contributed by atoms with van der Waals surface area (Å²) in [5.74, 6) is -1.46. The molecule has 0 bridgehead atoms. The van der Waals surface area contributed by atoms with Gasteiger partial charge in [-0.15, -0.1) is 0 Å². The van der Waals surface area contributed by atoms with Gasteiger partial charge in [0, 0.05) is 0 Å². The first kappa shape index (κ1) is 16.0. The molecule has 0 radical (unpaired) electrons. The molecule has 0 amide bonds. The number of carbonyl (C=O) groups excluding carboxylic acids is 1. The second-order valence-electron chi connectivity index (χ2n) is 0.620. The molecule has 0 rings (SSSR count). The maximum atomic E-state index is 9.32. The van der Waals surface area contributed by atoms with Crippen LogP contribution in [0.2, 0.25) is 0 Å². The van der Waals surface area contributed by atoms with E-state index < -0.39 is 10.8 Å². The Kier molecular flexibility index (Phi) is 16.0. The van der Waals surface area contributed by atoms with Gasteiger partial charge >= 0.3 is 29.6 Å². The molecule has 0 aromatic rings. The van der Waals surface area contributed by atoms with E-state index in [-0.39, 0.29) is 35.0 Å². The van der Waals surface area contributed by atoms with E-state index in [1.54, 1.807) is 0 Å². The van der Waals surface area contributed by atoms with Gasteiger partial charge in [0.1, 0.15) is 4.84 Å². The second-order valence-corrected chi connectivity index (χ2v) is 1.72. The van der Waals surface area contributed by atoms with Crippen molar-refractivity contribution in [1.82, 2.24) is 0 Å². The summed E-state index contributed by atoms with van der Waals surface area (Å²) in [4.78, 5) is 7.93. The van der Waals surface area contributed by atoms with Gasteiger partial charge < -0.3 is 15.4 Å². The zero-order valence-electron chi connectivity index (χ0n) is 4.15. The van der Waals surface area contributed by atoms with Gasteiger partial charge in [-0.2, -0.15) is 0 Å². The van der Waals surface area contributed by atoms with E-state index in [9.17, 15) is 9.90 Å². The summed E-state index contributed by atoms with van der Waals surface area (Å²) < 4.78 is 0. The normalized spacial score (nSPS) is 6.88. The predicted octanol–water partition coefficient (Wildman–Crippen LogP) is -4.28. The summed E-state index contributed by atoms with van der Waals surface area (Å²) in [5.41, 5.74) is 0. The quantitative estimate of drug-likeness (QED) is 0.294. The molecule has 0 spiro atoms. The molecule has 0 aromatic heterocycles. The minimum absolute atomic E-state index is 0. The fourth-order valence-electron chi connectivity index (χ4n) is 0. The van der Waals surface area contributed by atoms with Gasteiger partial charge in [-0.25, -0.2) is 0 Å². The van der Waals surface area contributed by atoms with Gasteiger partial charge in [-0.3, -0.25) is 0 Å². The molecule has 0 aliphatic heterocycles. The number of carboxylic acids is 1. The van der Waals surface area contributed by atoms with Gasteiger partial charge in [0.2, 0.25) is 0 Å². The van der Waals surface area contributed by atoms with Crippen LogP contribution in [0.4, 0.5) is 0 Å². The number of carbonyl (C=O) groups is 1. The van der Waals surface area contributed by atoms with Crippen molar-refractivity contribution in [2.45, 2.75) is 4.84 Å². The van der Waals surface area contributed by atoms with Gasteiger partial charge in [0.05, 0.1) is 5.97 Å². The average Bonchev–Trinajstić information content (AvgIpc) is 1.36. The van der Waals surface area contributed by atoms with Crippen molar-refractivity contribution in [1.29, 1.82) is 0 Å². The molecule has 3 nitrogen and oxygen atoms in total. The van der Waals surface area contributed by atoms with Crippen molar-refractivity contribution in [3.63, 3.8) is 0 Å². The van der Waals surface area contributed by atoms with Gasteiger partial charge in [-0.1, -0.05) is 23.2 Å². The van der Waals surface area contributed by atoms with Crippen LogP contribution < -0.4 is 34.7 Å². The summed E-state index contributed by atoms with van der Waals surface area (Å²) in [5, 5.41) is 9.32. The topological polar surface area (TPSA) is 71.6 Å². The minimum atomic E-state index is -1.46. The van der Waals surface area contributed by atoms with Crippen LogP contribution in [-0.2, 0) is 4.79 Å². The molecule has 0 aliphatic carbocycles. The summed E-state index contributed by atoms with van der Waals surface area (Å²) >= 11 is 9.43. The van der Waals surface area contributed by atoms with Crippen LogP contribution in [0, 0.1) is 0 Å². The van der Waals surface area contributed by atoms with Crippen LogP contribution in [0.15, 0.2) is 0 Å². The maximum Gasteiger partial charge on any atom is 1.00 e. The standard InChI is InChI=1S/C2H2Cl2O2.Na.H2O/c3-1(4)2(5)6;;/h1H,(H,5,6);;1H2/q;+1;/p-1. The maximum absolute atomic E-state index is 9.32. The number of halogens is 2. The first-order chi connectivity index (χ1) is 2.64. The van der Waals surface area contributed by atoms with Gasteiger partial charge in [0.25, 0.3) is 0 Å². The van der Waals surface area contributed by atoms with Crippen LogP contribution in [0.1, 0.15) is 0 Å². The number of hydrogen-bond acceptors (Lipinski definition) is 2. The molecule has 6 heteroatoms. The Morgan fingerprint density at radius 3 is 1.62 bits per heavy atom.